The second-order valence-corrected chi connectivity index (χ2v) is 3.74. The number of rotatable bonds is 3. The van der Waals surface area contributed by atoms with Crippen LogP contribution >= 0.6 is 15.9 Å². The van der Waals surface area contributed by atoms with E-state index in [-0.39, 0.29) is 4.47 Å². The van der Waals surface area contributed by atoms with Crippen molar-refractivity contribution in [2.45, 2.75) is 6.42 Å². The van der Waals surface area contributed by atoms with Crippen molar-refractivity contribution < 1.29 is 14.6 Å². The maximum atomic E-state index is 13.1. The molecule has 1 rings (SSSR count). The van der Waals surface area contributed by atoms with Gasteiger partial charge in [-0.1, -0.05) is 0 Å². The van der Waals surface area contributed by atoms with Gasteiger partial charge in [-0.3, -0.25) is 0 Å². The van der Waals surface area contributed by atoms with E-state index in [9.17, 15) is 9.50 Å². The predicted molar refractivity (Wildman–Crippen MR) is 55.1 cm³/mol. The van der Waals surface area contributed by atoms with E-state index in [1.165, 1.54) is 6.07 Å². The van der Waals surface area contributed by atoms with E-state index in [2.05, 4.69) is 21.2 Å². The monoisotopic (exact) mass is 263 g/mol. The standard InChI is InChI=1S/C9H11BrFNO2/c1-12-3-2-5-4-6(10)9(14)7(11)8(5)13/h4,12-14H,2-3H2,1H3. The van der Waals surface area contributed by atoms with Gasteiger partial charge in [0.05, 0.1) is 4.47 Å². The second-order valence-electron chi connectivity index (χ2n) is 2.88. The zero-order valence-electron chi connectivity index (χ0n) is 7.64. The van der Waals surface area contributed by atoms with Gasteiger partial charge in [-0.25, -0.2) is 0 Å². The molecule has 3 N–H and O–H groups in total. The lowest BCUT2D eigenvalue weighted by Gasteiger charge is -2.08. The average Bonchev–Trinajstić information content (AvgIpc) is 2.18. The molecule has 0 saturated carbocycles. The number of aromatic hydroxyl groups is 2. The Morgan fingerprint density at radius 2 is 2.07 bits per heavy atom. The highest BCUT2D eigenvalue weighted by molar-refractivity contribution is 9.10. The summed E-state index contributed by atoms with van der Waals surface area (Å²) in [5.74, 6) is -2.03. The minimum absolute atomic E-state index is 0.249. The minimum Gasteiger partial charge on any atom is -0.505 e. The Balaban J connectivity index is 3.06. The Kier molecular flexibility index (Phi) is 3.71. The fraction of sp³-hybridized carbons (Fsp3) is 0.333. The molecule has 1 aromatic carbocycles. The highest BCUT2D eigenvalue weighted by atomic mass is 79.9. The van der Waals surface area contributed by atoms with Gasteiger partial charge in [-0.15, -0.1) is 0 Å². The first kappa shape index (κ1) is 11.3. The Labute approximate surface area is 89.7 Å². The molecule has 0 aliphatic carbocycles. The van der Waals surface area contributed by atoms with Gasteiger partial charge in [0.25, 0.3) is 0 Å². The average molecular weight is 264 g/mol. The summed E-state index contributed by atoms with van der Waals surface area (Å²) in [4.78, 5) is 0. The van der Waals surface area contributed by atoms with Crippen LogP contribution in [0.25, 0.3) is 0 Å². The third-order valence-electron chi connectivity index (χ3n) is 1.89. The van der Waals surface area contributed by atoms with E-state index in [0.29, 0.717) is 18.5 Å². The molecule has 1 aromatic rings. The fourth-order valence-electron chi connectivity index (χ4n) is 1.10. The van der Waals surface area contributed by atoms with Crippen LogP contribution in [-0.4, -0.2) is 23.8 Å². The van der Waals surface area contributed by atoms with Crippen molar-refractivity contribution >= 4 is 15.9 Å². The van der Waals surface area contributed by atoms with Gasteiger partial charge in [0.1, 0.15) is 0 Å². The molecule has 14 heavy (non-hydrogen) atoms. The van der Waals surface area contributed by atoms with Gasteiger partial charge in [-0.2, -0.15) is 4.39 Å². The van der Waals surface area contributed by atoms with E-state index in [0.717, 1.165) is 0 Å². The van der Waals surface area contributed by atoms with Crippen molar-refractivity contribution in [2.24, 2.45) is 0 Å². The molecule has 0 atom stereocenters. The van der Waals surface area contributed by atoms with Gasteiger partial charge in [0, 0.05) is 0 Å². The summed E-state index contributed by atoms with van der Waals surface area (Å²) in [5, 5.41) is 21.4. The number of likely N-dealkylation sites (N-methyl/N-ethyl adjacent to an activating group) is 1. The van der Waals surface area contributed by atoms with E-state index in [1.54, 1.807) is 7.05 Å². The summed E-state index contributed by atoms with van der Waals surface area (Å²) in [7, 11) is 1.77. The van der Waals surface area contributed by atoms with Gasteiger partial charge in [-0.05, 0) is 47.6 Å². The first-order valence-electron chi connectivity index (χ1n) is 4.11. The topological polar surface area (TPSA) is 52.5 Å². The zero-order valence-corrected chi connectivity index (χ0v) is 9.23. The lowest BCUT2D eigenvalue weighted by molar-refractivity contribution is 0.383. The predicted octanol–water partition coefficient (Wildman–Crippen LogP) is 1.76. The van der Waals surface area contributed by atoms with Gasteiger partial charge >= 0.3 is 0 Å². The maximum Gasteiger partial charge on any atom is 0.207 e. The maximum absolute atomic E-state index is 13.1. The van der Waals surface area contributed by atoms with E-state index < -0.39 is 17.3 Å². The molecule has 0 fully saturated rings. The molecular formula is C9H11BrFNO2. The van der Waals surface area contributed by atoms with Gasteiger partial charge < -0.3 is 15.5 Å². The number of phenolic OH excluding ortho intramolecular Hbond substituents is 2. The molecule has 0 aromatic heterocycles. The molecule has 3 nitrogen and oxygen atoms in total. The normalized spacial score (nSPS) is 10.5. The minimum atomic E-state index is -0.981. The summed E-state index contributed by atoms with van der Waals surface area (Å²) in [6.45, 7) is 0.629. The van der Waals surface area contributed by atoms with Gasteiger partial charge in [0.15, 0.2) is 11.5 Å². The smallest absolute Gasteiger partial charge is 0.207 e. The third kappa shape index (κ3) is 2.16. The van der Waals surface area contributed by atoms with Crippen LogP contribution in [0.4, 0.5) is 4.39 Å². The summed E-state index contributed by atoms with van der Waals surface area (Å²) < 4.78 is 13.4. The molecule has 0 aliphatic rings. The van der Waals surface area contributed by atoms with Crippen molar-refractivity contribution in [3.63, 3.8) is 0 Å². The van der Waals surface area contributed by atoms with Crippen molar-refractivity contribution in [3.05, 3.63) is 21.9 Å². The highest BCUT2D eigenvalue weighted by Crippen LogP contribution is 2.35. The molecule has 0 saturated heterocycles. The quantitative estimate of drug-likeness (QED) is 0.779. The molecule has 0 amide bonds. The van der Waals surface area contributed by atoms with E-state index in [4.69, 9.17) is 5.11 Å². The van der Waals surface area contributed by atoms with E-state index >= 15 is 0 Å². The van der Waals surface area contributed by atoms with Crippen molar-refractivity contribution in [1.82, 2.24) is 5.32 Å². The summed E-state index contributed by atoms with van der Waals surface area (Å²) in [6, 6.07) is 1.51. The lowest BCUT2D eigenvalue weighted by atomic mass is 10.1. The van der Waals surface area contributed by atoms with Crippen LogP contribution in [-0.2, 0) is 6.42 Å². The van der Waals surface area contributed by atoms with Gasteiger partial charge in [0.2, 0.25) is 5.82 Å². The van der Waals surface area contributed by atoms with Crippen LogP contribution in [0.5, 0.6) is 11.5 Å². The molecule has 78 valence electrons. The Bertz CT molecular complexity index is 344. The van der Waals surface area contributed by atoms with Crippen LogP contribution < -0.4 is 5.32 Å². The van der Waals surface area contributed by atoms with Crippen LogP contribution in [0.15, 0.2) is 10.5 Å². The number of benzene rings is 1. The Morgan fingerprint density at radius 3 is 2.64 bits per heavy atom. The molecule has 0 radical (unpaired) electrons. The molecule has 0 spiro atoms. The third-order valence-corrected chi connectivity index (χ3v) is 2.50. The highest BCUT2D eigenvalue weighted by Gasteiger charge is 2.15. The summed E-state index contributed by atoms with van der Waals surface area (Å²) in [6.07, 6.45) is 0.498. The number of hydrogen-bond donors (Lipinski definition) is 3. The largest absolute Gasteiger partial charge is 0.505 e. The van der Waals surface area contributed by atoms with E-state index in [1.807, 2.05) is 0 Å². The van der Waals surface area contributed by atoms with Crippen LogP contribution in [0.1, 0.15) is 5.56 Å². The Hall–Kier alpha value is -0.810. The zero-order chi connectivity index (χ0) is 10.7. The first-order chi connectivity index (χ1) is 6.57. The van der Waals surface area contributed by atoms with Crippen molar-refractivity contribution in [2.75, 3.05) is 13.6 Å². The van der Waals surface area contributed by atoms with Crippen LogP contribution in [0, 0.1) is 5.82 Å². The molecule has 0 aliphatic heterocycles. The number of phenols is 2. The fourth-order valence-corrected chi connectivity index (χ4v) is 1.55. The lowest BCUT2D eigenvalue weighted by Crippen LogP contribution is -2.10. The second kappa shape index (κ2) is 4.61. The summed E-state index contributed by atoms with van der Waals surface area (Å²) in [5.41, 5.74) is 0.460. The molecule has 0 unspecified atom stereocenters. The Morgan fingerprint density at radius 1 is 1.43 bits per heavy atom. The molecule has 0 heterocycles. The molecule has 0 bridgehead atoms. The van der Waals surface area contributed by atoms with Crippen LogP contribution in [0.3, 0.4) is 0 Å². The molecular weight excluding hydrogens is 253 g/mol. The van der Waals surface area contributed by atoms with Crippen LogP contribution in [0.2, 0.25) is 0 Å². The number of nitrogens with one attached hydrogen (secondary N) is 1. The summed E-state index contributed by atoms with van der Waals surface area (Å²) >= 11 is 3.00. The SMILES string of the molecule is CNCCc1cc(Br)c(O)c(F)c1O. The van der Waals surface area contributed by atoms with Crippen molar-refractivity contribution in [1.29, 1.82) is 0 Å². The number of hydrogen-bond acceptors (Lipinski definition) is 3. The van der Waals surface area contributed by atoms with Crippen molar-refractivity contribution in [3.8, 4) is 11.5 Å². The molecule has 5 heteroatoms. The first-order valence-corrected chi connectivity index (χ1v) is 4.90. The number of halogens is 2.